The van der Waals surface area contributed by atoms with Crippen LogP contribution >= 0.6 is 11.6 Å². The lowest BCUT2D eigenvalue weighted by Crippen LogP contribution is -2.50. The number of H-pyrrole nitrogens is 1. The first-order valence-electron chi connectivity index (χ1n) is 30.0. The summed E-state index contributed by atoms with van der Waals surface area (Å²) in [6.45, 7) is 8.80. The van der Waals surface area contributed by atoms with Crippen molar-refractivity contribution in [3.8, 4) is 39.9 Å². The summed E-state index contributed by atoms with van der Waals surface area (Å²) in [7, 11) is 0. The predicted molar refractivity (Wildman–Crippen MR) is 327 cm³/mol. The molecule has 20 nitrogen and oxygen atoms in total. The lowest BCUT2D eigenvalue weighted by Gasteiger charge is -2.31. The number of nitrogens with zero attached hydrogens (tertiary/aromatic N) is 8. The molecule has 2 amide bonds. The fourth-order valence-electron chi connectivity index (χ4n) is 13.6. The van der Waals surface area contributed by atoms with E-state index >= 15 is 0 Å². The molecule has 0 spiro atoms. The van der Waals surface area contributed by atoms with Crippen LogP contribution < -0.4 is 30.6 Å². The smallest absolute Gasteiger partial charge is 0.319 e. The zero-order valence-electron chi connectivity index (χ0n) is 48.1. The molecule has 4 aromatic heterocycles. The van der Waals surface area contributed by atoms with Gasteiger partial charge in [-0.2, -0.15) is 20.2 Å². The molecule has 21 heteroatoms. The molecule has 6 atom stereocenters. The zero-order valence-corrected chi connectivity index (χ0v) is 48.8. The number of β-amino-alcohol motifs (C(OH)–C–C–N with tert-alkyl or cyclic N) is 1. The molecule has 5 aromatic carbocycles. The van der Waals surface area contributed by atoms with Gasteiger partial charge in [-0.05, 0) is 108 Å². The van der Waals surface area contributed by atoms with Crippen LogP contribution in [0.5, 0.6) is 17.5 Å². The minimum atomic E-state index is -1.04. The Kier molecular flexibility index (Phi) is 14.6. The number of phenolic OH excluding ortho intramolecular Hbond substituents is 1. The van der Waals surface area contributed by atoms with Gasteiger partial charge in [-0.3, -0.25) is 23.7 Å². The minimum Gasteiger partial charge on any atom is -0.508 e. The number of amides is 2. The predicted octanol–water partition coefficient (Wildman–Crippen LogP) is 8.46. The quantitative estimate of drug-likeness (QED) is 0.0501. The van der Waals surface area contributed by atoms with Gasteiger partial charge in [0.25, 0.3) is 5.56 Å². The van der Waals surface area contributed by atoms with E-state index < -0.39 is 48.2 Å². The number of pyridine rings is 1. The molecule has 6 N–H and O–H groups in total. The van der Waals surface area contributed by atoms with E-state index in [0.717, 1.165) is 82.3 Å². The lowest BCUT2D eigenvalue weighted by atomic mass is 9.90. The number of aromatic amines is 1. The molecule has 5 fully saturated rings. The standard InChI is InChI=1S/C65H68ClN11O9/c1-4-76-53(16-19-68-76)38-13-11-37(12-14-38)52(32-78)70-62(81)54-26-43(80)30-75(54)64(83)59(34(2)3)77-31-49-45-15-8-35(22-51(45)69-63(82)58(49)73-77)33-85-60-56(47-25-42(79)23-39-6-5-7-50(66)55(39)47)46(36-9-10-36)27-48-57(60)71-65(86-44-17-20-84-21-18-44)72-61(48)74-29-40-24-41(74)28-67-40/h5-8,11-16,19,22-23,25,27,31,34,36,40-41,43-44,52,54,59,67,78-80H,4,9-10,17-18,20-21,24,26,28-30,32-33H2,1-3H3,(H,69,82)(H,70,81)/t40-,41-,43+,52-,54-,59-/m0/s1. The van der Waals surface area contributed by atoms with Crippen LogP contribution in [0.3, 0.4) is 0 Å². The summed E-state index contributed by atoms with van der Waals surface area (Å²) in [6.07, 6.45) is 6.68. The minimum absolute atomic E-state index is 0.000649. The highest BCUT2D eigenvalue weighted by molar-refractivity contribution is 6.37. The summed E-state index contributed by atoms with van der Waals surface area (Å²) >= 11 is 7.13. The molecule has 2 bridgehead atoms. The van der Waals surface area contributed by atoms with E-state index in [4.69, 9.17) is 40.9 Å². The average Bonchev–Trinajstić information content (AvgIpc) is 1.48. The Labute approximate surface area is 500 Å². The first kappa shape index (κ1) is 55.7. The first-order valence-corrected chi connectivity index (χ1v) is 30.4. The number of aromatic nitrogens is 7. The summed E-state index contributed by atoms with van der Waals surface area (Å²) in [5.74, 6) is 0.259. The van der Waals surface area contributed by atoms with Gasteiger partial charge in [0.15, 0.2) is 11.3 Å². The van der Waals surface area contributed by atoms with Crippen LogP contribution in [0.25, 0.3) is 65.9 Å². The van der Waals surface area contributed by atoms with Gasteiger partial charge >= 0.3 is 6.01 Å². The fourth-order valence-corrected chi connectivity index (χ4v) is 13.9. The van der Waals surface area contributed by atoms with Gasteiger partial charge in [0.05, 0.1) is 37.7 Å². The van der Waals surface area contributed by atoms with Gasteiger partial charge in [0.1, 0.15) is 41.9 Å². The van der Waals surface area contributed by atoms with Gasteiger partial charge < -0.3 is 54.9 Å². The Balaban J connectivity index is 0.797. The number of fused-ring (bicyclic) bond motifs is 7. The molecule has 1 aliphatic carbocycles. The Hall–Kier alpha value is -8.14. The number of carbonyl (C=O) groups is 2. The molecule has 86 heavy (non-hydrogen) atoms. The number of anilines is 1. The van der Waals surface area contributed by atoms with Crippen molar-refractivity contribution in [2.24, 2.45) is 5.92 Å². The topological polar surface area (TPSA) is 247 Å². The van der Waals surface area contributed by atoms with Crippen LogP contribution in [-0.4, -0.2) is 136 Å². The molecular formula is C65H68ClN11O9. The van der Waals surface area contributed by atoms with E-state index in [-0.39, 0.29) is 60.8 Å². The molecule has 0 unspecified atom stereocenters. The molecule has 0 radical (unpaired) electrons. The third-order valence-corrected chi connectivity index (χ3v) is 18.3. The van der Waals surface area contributed by atoms with Gasteiger partial charge in [-0.15, -0.1) is 0 Å². The van der Waals surface area contributed by atoms with Crippen molar-refractivity contribution in [2.45, 2.75) is 121 Å². The van der Waals surface area contributed by atoms with Crippen LogP contribution in [0.2, 0.25) is 5.02 Å². The number of nitrogens with one attached hydrogen (secondary N) is 3. The Morgan fingerprint density at radius 3 is 2.50 bits per heavy atom. The summed E-state index contributed by atoms with van der Waals surface area (Å²) in [5, 5.41) is 52.8. The van der Waals surface area contributed by atoms with Crippen molar-refractivity contribution in [1.29, 1.82) is 0 Å². The average molecular weight is 1180 g/mol. The van der Waals surface area contributed by atoms with E-state index in [9.17, 15) is 29.7 Å². The number of benzene rings is 5. The lowest BCUT2D eigenvalue weighted by molar-refractivity contribution is -0.142. The Morgan fingerprint density at radius 2 is 1.76 bits per heavy atom. The summed E-state index contributed by atoms with van der Waals surface area (Å²) in [6, 6.07) is 24.6. The Bertz CT molecular complexity index is 4180. The van der Waals surface area contributed by atoms with Gasteiger partial charge in [0, 0.05) is 108 Å². The molecule has 14 rings (SSSR count). The van der Waals surface area contributed by atoms with Crippen molar-refractivity contribution >= 4 is 72.7 Å². The number of carbonyl (C=O) groups excluding carboxylic acids is 2. The van der Waals surface area contributed by atoms with E-state index in [1.54, 1.807) is 24.5 Å². The first-order chi connectivity index (χ1) is 41.8. The molecule has 9 aromatic rings. The number of rotatable bonds is 17. The second-order valence-corrected chi connectivity index (χ2v) is 24.5. The largest absolute Gasteiger partial charge is 0.508 e. The van der Waals surface area contributed by atoms with E-state index in [0.29, 0.717) is 82.3 Å². The van der Waals surface area contributed by atoms with Crippen LogP contribution in [0.15, 0.2) is 102 Å². The normalized spacial score (nSPS) is 20.5. The van der Waals surface area contributed by atoms with Gasteiger partial charge in [-0.1, -0.05) is 74.0 Å². The highest BCUT2D eigenvalue weighted by Gasteiger charge is 2.44. The number of halogens is 1. The van der Waals surface area contributed by atoms with E-state index in [2.05, 4.69) is 31.7 Å². The second-order valence-electron chi connectivity index (χ2n) is 24.1. The SMILES string of the molecule is CCn1nccc1-c1ccc([C@H](CO)NC(=O)[C@@H]2C[C@@H](O)CN2C(=O)[C@H](C(C)C)n2cc3c(n2)c(=O)[nH]c2cc(COc4c(-c5cc(O)cc6cccc(Cl)c56)c(C5CC5)cc5c(N6C[C@@H]7C[C@H]6CN7)nc(OC6CCOCC6)nc45)ccc23)cc1. The molecule has 444 valence electrons. The molecule has 5 aliphatic rings. The molecule has 8 heterocycles. The summed E-state index contributed by atoms with van der Waals surface area (Å²) in [5.41, 5.74) is 6.58. The van der Waals surface area contributed by atoms with Crippen molar-refractivity contribution in [3.63, 3.8) is 0 Å². The highest BCUT2D eigenvalue weighted by atomic mass is 35.5. The Morgan fingerprint density at radius 1 is 0.930 bits per heavy atom. The van der Waals surface area contributed by atoms with Gasteiger partial charge in [-0.25, -0.2) is 0 Å². The van der Waals surface area contributed by atoms with Crippen molar-refractivity contribution in [2.75, 3.05) is 44.4 Å². The monoisotopic (exact) mass is 1180 g/mol. The van der Waals surface area contributed by atoms with Crippen LogP contribution in [0.1, 0.15) is 94.0 Å². The number of aliphatic hydroxyl groups excluding tert-OH is 2. The number of aryl methyl sites for hydroxylation is 1. The second kappa shape index (κ2) is 22.6. The zero-order chi connectivity index (χ0) is 59.1. The maximum Gasteiger partial charge on any atom is 0.319 e. The number of likely N-dealkylation sites (tertiary alicyclic amines) is 1. The van der Waals surface area contributed by atoms with Crippen LogP contribution in [0.4, 0.5) is 5.82 Å². The van der Waals surface area contributed by atoms with Crippen molar-refractivity contribution < 1.29 is 39.1 Å². The number of hydrogen-bond donors (Lipinski definition) is 6. The number of ether oxygens (including phenoxy) is 3. The molecule has 1 saturated carbocycles. The molecule has 4 aliphatic heterocycles. The van der Waals surface area contributed by atoms with Crippen molar-refractivity contribution in [1.82, 2.24) is 50.0 Å². The van der Waals surface area contributed by atoms with Crippen LogP contribution in [0, 0.1) is 5.92 Å². The van der Waals surface area contributed by atoms with E-state index in [1.165, 1.54) is 9.58 Å². The number of aromatic hydroxyl groups is 1. The van der Waals surface area contributed by atoms with Gasteiger partial charge in [0.2, 0.25) is 11.8 Å². The fraction of sp³-hybridized carbons (Fsp3) is 0.400. The maximum absolute atomic E-state index is 14.9. The molecular weight excluding hydrogens is 1110 g/mol. The van der Waals surface area contributed by atoms with Crippen LogP contribution in [-0.2, 0) is 27.5 Å². The summed E-state index contributed by atoms with van der Waals surface area (Å²) in [4.78, 5) is 60.6. The third-order valence-electron chi connectivity index (χ3n) is 18.0. The third kappa shape index (κ3) is 10.2. The number of hydrogen-bond acceptors (Lipinski definition) is 15. The van der Waals surface area contributed by atoms with Crippen molar-refractivity contribution in [3.05, 3.63) is 129 Å². The number of phenols is 1. The molecule has 4 saturated heterocycles. The number of piperazine rings is 1. The number of aliphatic hydroxyl groups is 2. The highest BCUT2D eigenvalue weighted by Crippen LogP contribution is 2.54. The van der Waals surface area contributed by atoms with E-state index in [1.807, 2.05) is 92.2 Å². The maximum atomic E-state index is 14.9. The summed E-state index contributed by atoms with van der Waals surface area (Å²) < 4.78 is 23.0.